The molecule has 2 aromatic rings. The number of hydrogen-bond acceptors (Lipinski definition) is 3. The summed E-state index contributed by atoms with van der Waals surface area (Å²) in [6.07, 6.45) is 3.17. The van der Waals surface area contributed by atoms with Gasteiger partial charge in [-0.3, -0.25) is 9.48 Å². The number of rotatable bonds is 3. The molecule has 1 heterocycles. The summed E-state index contributed by atoms with van der Waals surface area (Å²) in [5.74, 6) is -0.263. The number of anilines is 1. The molecule has 0 fully saturated rings. The average Bonchev–Trinajstić information content (AvgIpc) is 2.88. The van der Waals surface area contributed by atoms with Crippen molar-refractivity contribution in [3.05, 3.63) is 46.7 Å². The standard InChI is InChI=1S/C13H11ClN4O/c1-2-18-8-10(7-16-18)13(19)17-11-4-3-9(6-15)12(14)5-11/h3-5,7-8H,2H2,1H3,(H,17,19). The summed E-state index contributed by atoms with van der Waals surface area (Å²) in [6, 6.07) is 6.70. The fourth-order valence-electron chi connectivity index (χ4n) is 1.54. The van der Waals surface area contributed by atoms with Gasteiger partial charge in [-0.15, -0.1) is 0 Å². The number of nitriles is 1. The third kappa shape index (κ3) is 2.92. The van der Waals surface area contributed by atoms with E-state index in [4.69, 9.17) is 16.9 Å². The highest BCUT2D eigenvalue weighted by molar-refractivity contribution is 6.32. The number of nitrogens with one attached hydrogen (secondary N) is 1. The minimum Gasteiger partial charge on any atom is -0.322 e. The number of amides is 1. The number of aromatic nitrogens is 2. The molecule has 1 aromatic heterocycles. The number of hydrogen-bond donors (Lipinski definition) is 1. The fraction of sp³-hybridized carbons (Fsp3) is 0.154. The summed E-state index contributed by atoms with van der Waals surface area (Å²) in [5, 5.41) is 15.8. The van der Waals surface area contributed by atoms with E-state index in [2.05, 4.69) is 10.4 Å². The molecular weight excluding hydrogens is 264 g/mol. The predicted octanol–water partition coefficient (Wildman–Crippen LogP) is 2.68. The molecule has 0 aliphatic carbocycles. The maximum atomic E-state index is 11.9. The molecule has 0 radical (unpaired) electrons. The molecule has 1 aromatic carbocycles. The van der Waals surface area contributed by atoms with Crippen molar-refractivity contribution in [3.8, 4) is 6.07 Å². The SMILES string of the molecule is CCn1cc(C(=O)Nc2ccc(C#N)c(Cl)c2)cn1. The van der Waals surface area contributed by atoms with Gasteiger partial charge in [0.15, 0.2) is 0 Å². The van der Waals surface area contributed by atoms with Gasteiger partial charge in [0, 0.05) is 18.4 Å². The van der Waals surface area contributed by atoms with E-state index >= 15 is 0 Å². The van der Waals surface area contributed by atoms with Crippen LogP contribution in [0.25, 0.3) is 0 Å². The van der Waals surface area contributed by atoms with Crippen LogP contribution < -0.4 is 5.32 Å². The van der Waals surface area contributed by atoms with Crippen molar-refractivity contribution in [2.75, 3.05) is 5.32 Å². The van der Waals surface area contributed by atoms with Gasteiger partial charge in [0.25, 0.3) is 5.91 Å². The highest BCUT2D eigenvalue weighted by Gasteiger charge is 2.09. The lowest BCUT2D eigenvalue weighted by atomic mass is 10.2. The van der Waals surface area contributed by atoms with E-state index in [1.54, 1.807) is 29.1 Å². The van der Waals surface area contributed by atoms with Crippen LogP contribution >= 0.6 is 11.6 Å². The summed E-state index contributed by atoms with van der Waals surface area (Å²) in [6.45, 7) is 2.64. The largest absolute Gasteiger partial charge is 0.322 e. The second kappa shape index (κ2) is 5.55. The third-order valence-corrected chi connectivity index (χ3v) is 2.88. The van der Waals surface area contributed by atoms with E-state index in [1.807, 2.05) is 13.0 Å². The number of aryl methyl sites for hydroxylation is 1. The molecule has 0 aliphatic heterocycles. The average molecular weight is 275 g/mol. The Morgan fingerprint density at radius 2 is 2.37 bits per heavy atom. The lowest BCUT2D eigenvalue weighted by molar-refractivity contribution is 0.102. The molecule has 6 heteroatoms. The van der Waals surface area contributed by atoms with E-state index in [9.17, 15) is 4.79 Å². The molecule has 19 heavy (non-hydrogen) atoms. The first-order valence-corrected chi connectivity index (χ1v) is 6.05. The molecule has 2 rings (SSSR count). The number of carbonyl (C=O) groups excluding carboxylic acids is 1. The molecule has 0 unspecified atom stereocenters. The molecule has 1 amide bonds. The zero-order chi connectivity index (χ0) is 13.8. The van der Waals surface area contributed by atoms with Crippen LogP contribution in [-0.2, 0) is 6.54 Å². The van der Waals surface area contributed by atoms with Crippen LogP contribution in [0.1, 0.15) is 22.8 Å². The van der Waals surface area contributed by atoms with Gasteiger partial charge in [-0.25, -0.2) is 0 Å². The first-order chi connectivity index (χ1) is 9.13. The van der Waals surface area contributed by atoms with Gasteiger partial charge in [0.05, 0.1) is 22.3 Å². The maximum Gasteiger partial charge on any atom is 0.258 e. The van der Waals surface area contributed by atoms with Crippen molar-refractivity contribution in [3.63, 3.8) is 0 Å². The van der Waals surface area contributed by atoms with Crippen LogP contribution in [0.4, 0.5) is 5.69 Å². The zero-order valence-electron chi connectivity index (χ0n) is 10.2. The van der Waals surface area contributed by atoms with Gasteiger partial charge in [0.2, 0.25) is 0 Å². The topological polar surface area (TPSA) is 70.7 Å². The van der Waals surface area contributed by atoms with Crippen molar-refractivity contribution in [1.82, 2.24) is 9.78 Å². The van der Waals surface area contributed by atoms with E-state index in [1.165, 1.54) is 6.20 Å². The van der Waals surface area contributed by atoms with Crippen molar-refractivity contribution in [1.29, 1.82) is 5.26 Å². The number of nitrogens with zero attached hydrogens (tertiary/aromatic N) is 3. The van der Waals surface area contributed by atoms with Gasteiger partial charge in [0.1, 0.15) is 6.07 Å². The lowest BCUT2D eigenvalue weighted by Gasteiger charge is -2.04. The van der Waals surface area contributed by atoms with Crippen molar-refractivity contribution < 1.29 is 4.79 Å². The Labute approximate surface area is 115 Å². The summed E-state index contributed by atoms with van der Waals surface area (Å²) >= 11 is 5.90. The highest BCUT2D eigenvalue weighted by Crippen LogP contribution is 2.20. The molecule has 0 bridgehead atoms. The Kier molecular flexibility index (Phi) is 3.83. The summed E-state index contributed by atoms with van der Waals surface area (Å²) in [7, 11) is 0. The number of benzene rings is 1. The van der Waals surface area contributed by atoms with E-state index in [-0.39, 0.29) is 5.91 Å². The van der Waals surface area contributed by atoms with E-state index in [0.717, 1.165) is 0 Å². The zero-order valence-corrected chi connectivity index (χ0v) is 11.0. The summed E-state index contributed by atoms with van der Waals surface area (Å²) in [4.78, 5) is 11.9. The Morgan fingerprint density at radius 3 is 2.95 bits per heavy atom. The molecule has 1 N–H and O–H groups in total. The Balaban J connectivity index is 2.15. The van der Waals surface area contributed by atoms with Crippen molar-refractivity contribution in [2.24, 2.45) is 0 Å². The predicted molar refractivity (Wildman–Crippen MR) is 72.0 cm³/mol. The second-order valence-corrected chi connectivity index (χ2v) is 4.25. The molecule has 0 atom stereocenters. The molecule has 0 saturated heterocycles. The monoisotopic (exact) mass is 274 g/mol. The first kappa shape index (κ1) is 13.1. The van der Waals surface area contributed by atoms with E-state index < -0.39 is 0 Å². The van der Waals surface area contributed by atoms with E-state index in [0.29, 0.717) is 28.4 Å². The van der Waals surface area contributed by atoms with Crippen LogP contribution in [0.2, 0.25) is 5.02 Å². The maximum absolute atomic E-state index is 11.9. The van der Waals surface area contributed by atoms with Crippen LogP contribution in [0, 0.1) is 11.3 Å². The van der Waals surface area contributed by atoms with Crippen LogP contribution in [-0.4, -0.2) is 15.7 Å². The smallest absolute Gasteiger partial charge is 0.258 e. The molecule has 96 valence electrons. The minimum absolute atomic E-state index is 0.263. The van der Waals surface area contributed by atoms with Gasteiger partial charge >= 0.3 is 0 Å². The first-order valence-electron chi connectivity index (χ1n) is 5.67. The quantitative estimate of drug-likeness (QED) is 0.935. The van der Waals surface area contributed by atoms with Crippen molar-refractivity contribution >= 4 is 23.2 Å². The molecular formula is C13H11ClN4O. The van der Waals surface area contributed by atoms with Crippen LogP contribution in [0.5, 0.6) is 0 Å². The normalized spacial score (nSPS) is 9.95. The Morgan fingerprint density at radius 1 is 1.58 bits per heavy atom. The molecule has 0 aliphatic rings. The van der Waals surface area contributed by atoms with Crippen LogP contribution in [0.3, 0.4) is 0 Å². The van der Waals surface area contributed by atoms with Gasteiger partial charge in [-0.1, -0.05) is 11.6 Å². The highest BCUT2D eigenvalue weighted by atomic mass is 35.5. The second-order valence-electron chi connectivity index (χ2n) is 3.85. The number of halogens is 1. The summed E-state index contributed by atoms with van der Waals surface area (Å²) in [5.41, 5.74) is 1.39. The Hall–Kier alpha value is -2.32. The lowest BCUT2D eigenvalue weighted by Crippen LogP contribution is -2.11. The van der Waals surface area contributed by atoms with Crippen LogP contribution in [0.15, 0.2) is 30.6 Å². The fourth-order valence-corrected chi connectivity index (χ4v) is 1.76. The number of carbonyl (C=O) groups is 1. The molecule has 0 saturated carbocycles. The molecule has 0 spiro atoms. The van der Waals surface area contributed by atoms with Crippen molar-refractivity contribution in [2.45, 2.75) is 13.5 Å². The minimum atomic E-state index is -0.263. The summed E-state index contributed by atoms with van der Waals surface area (Å²) < 4.78 is 1.67. The van der Waals surface area contributed by atoms with Gasteiger partial charge in [-0.2, -0.15) is 10.4 Å². The molecule has 5 nitrogen and oxygen atoms in total. The Bertz CT molecular complexity index is 657. The third-order valence-electron chi connectivity index (χ3n) is 2.57. The van der Waals surface area contributed by atoms with Gasteiger partial charge in [-0.05, 0) is 25.1 Å². The van der Waals surface area contributed by atoms with Gasteiger partial charge < -0.3 is 5.32 Å².